The fourth-order valence-corrected chi connectivity index (χ4v) is 6.45. The molecular formula is C42H30N2. The summed E-state index contributed by atoms with van der Waals surface area (Å²) in [6.07, 6.45) is 0. The molecule has 208 valence electrons. The largest absolute Gasteiger partial charge is 0.310 e. The van der Waals surface area contributed by atoms with E-state index in [1.54, 1.807) is 0 Å². The average molecular weight is 563 g/mol. The van der Waals surface area contributed by atoms with E-state index in [-0.39, 0.29) is 0 Å². The van der Waals surface area contributed by atoms with Crippen LogP contribution >= 0.6 is 0 Å². The van der Waals surface area contributed by atoms with Gasteiger partial charge >= 0.3 is 0 Å². The molecule has 8 rings (SSSR count). The summed E-state index contributed by atoms with van der Waals surface area (Å²) in [5.41, 5.74) is 6.83. The Morgan fingerprint density at radius 3 is 0.773 bits per heavy atom. The highest BCUT2D eigenvalue weighted by Crippen LogP contribution is 2.47. The van der Waals surface area contributed by atoms with Crippen LogP contribution in [-0.2, 0) is 0 Å². The zero-order chi connectivity index (χ0) is 29.3. The molecule has 0 unspecified atom stereocenters. The molecule has 0 radical (unpaired) electrons. The first-order valence-electron chi connectivity index (χ1n) is 15.0. The molecule has 0 aliphatic heterocycles. The summed E-state index contributed by atoms with van der Waals surface area (Å²) >= 11 is 0. The van der Waals surface area contributed by atoms with Crippen molar-refractivity contribution in [1.82, 2.24) is 0 Å². The van der Waals surface area contributed by atoms with Crippen molar-refractivity contribution in [3.63, 3.8) is 0 Å². The maximum absolute atomic E-state index is 2.39. The van der Waals surface area contributed by atoms with Crippen LogP contribution in [0.2, 0.25) is 0 Å². The highest BCUT2D eigenvalue weighted by atomic mass is 15.1. The van der Waals surface area contributed by atoms with Crippen molar-refractivity contribution in [2.75, 3.05) is 9.80 Å². The van der Waals surface area contributed by atoms with E-state index in [9.17, 15) is 0 Å². The molecule has 0 atom stereocenters. The summed E-state index contributed by atoms with van der Waals surface area (Å²) < 4.78 is 0. The molecule has 8 aromatic carbocycles. The number of nitrogens with zero attached hydrogens (tertiary/aromatic N) is 2. The molecule has 0 N–H and O–H groups in total. The summed E-state index contributed by atoms with van der Waals surface area (Å²) in [4.78, 5) is 4.76. The van der Waals surface area contributed by atoms with E-state index in [4.69, 9.17) is 0 Å². The molecule has 0 bridgehead atoms. The summed E-state index contributed by atoms with van der Waals surface area (Å²) in [7, 11) is 0. The third-order valence-electron chi connectivity index (χ3n) is 8.38. The standard InChI is InChI=1S/C42H30N2/c1-5-17-31(18-6-1)43(32-19-7-2-8-20-32)41-29-39-36-26-14-16-28-38(36)42(30-40(39)35-25-13-15-27-37(35)41)44(33-21-9-3-10-22-33)34-23-11-4-12-24-34/h1-30H. The van der Waals surface area contributed by atoms with Crippen molar-refractivity contribution in [2.24, 2.45) is 0 Å². The highest BCUT2D eigenvalue weighted by molar-refractivity contribution is 6.24. The SMILES string of the molecule is c1ccc(N(c2ccccc2)c2cc3c4ccccc4c(N(c4ccccc4)c4ccccc4)cc3c3ccccc23)cc1. The molecule has 0 heterocycles. The topological polar surface area (TPSA) is 6.48 Å². The first kappa shape index (κ1) is 25.8. The fourth-order valence-electron chi connectivity index (χ4n) is 6.45. The zero-order valence-corrected chi connectivity index (χ0v) is 24.2. The maximum atomic E-state index is 2.39. The lowest BCUT2D eigenvalue weighted by molar-refractivity contribution is 1.30. The number of rotatable bonds is 6. The van der Waals surface area contributed by atoms with Crippen LogP contribution in [-0.4, -0.2) is 0 Å². The molecule has 2 heteroatoms. The van der Waals surface area contributed by atoms with Gasteiger partial charge in [0.05, 0.1) is 11.4 Å². The Bertz CT molecular complexity index is 1970. The van der Waals surface area contributed by atoms with Crippen LogP contribution in [0.15, 0.2) is 182 Å². The van der Waals surface area contributed by atoms with E-state index in [1.807, 2.05) is 0 Å². The van der Waals surface area contributed by atoms with Crippen LogP contribution in [0.3, 0.4) is 0 Å². The van der Waals surface area contributed by atoms with Gasteiger partial charge in [-0.3, -0.25) is 0 Å². The third kappa shape index (κ3) is 4.45. The molecular weight excluding hydrogens is 532 g/mol. The second kappa shape index (κ2) is 11.1. The summed E-state index contributed by atoms with van der Waals surface area (Å²) in [5, 5.41) is 7.33. The van der Waals surface area contributed by atoms with Gasteiger partial charge in [0, 0.05) is 33.5 Å². The summed E-state index contributed by atoms with van der Waals surface area (Å²) in [5.74, 6) is 0. The van der Waals surface area contributed by atoms with Crippen molar-refractivity contribution >= 4 is 66.4 Å². The van der Waals surface area contributed by atoms with Crippen molar-refractivity contribution in [2.45, 2.75) is 0 Å². The van der Waals surface area contributed by atoms with Gasteiger partial charge in [0.25, 0.3) is 0 Å². The van der Waals surface area contributed by atoms with Crippen LogP contribution in [0.5, 0.6) is 0 Å². The van der Waals surface area contributed by atoms with Crippen LogP contribution in [0.4, 0.5) is 34.1 Å². The van der Waals surface area contributed by atoms with Crippen LogP contribution in [0, 0.1) is 0 Å². The smallest absolute Gasteiger partial charge is 0.0546 e. The van der Waals surface area contributed by atoms with E-state index in [0.29, 0.717) is 0 Å². The van der Waals surface area contributed by atoms with Gasteiger partial charge in [-0.1, -0.05) is 121 Å². The Kier molecular flexibility index (Phi) is 6.51. The minimum atomic E-state index is 1.13. The Balaban J connectivity index is 1.48. The lowest BCUT2D eigenvalue weighted by Crippen LogP contribution is -2.11. The molecule has 0 saturated carbocycles. The van der Waals surface area contributed by atoms with Gasteiger partial charge in [0.1, 0.15) is 0 Å². The molecule has 8 aromatic rings. The lowest BCUT2D eigenvalue weighted by atomic mass is 9.93. The minimum absolute atomic E-state index is 1.13. The number of hydrogen-bond donors (Lipinski definition) is 0. The Hall–Kier alpha value is -5.86. The highest BCUT2D eigenvalue weighted by Gasteiger charge is 2.21. The van der Waals surface area contributed by atoms with Crippen molar-refractivity contribution in [1.29, 1.82) is 0 Å². The summed E-state index contributed by atoms with van der Waals surface area (Å²) in [6, 6.07) is 65.1. The summed E-state index contributed by atoms with van der Waals surface area (Å²) in [6.45, 7) is 0. The quantitative estimate of drug-likeness (QED) is 0.186. The number of hydrogen-bond acceptors (Lipinski definition) is 2. The van der Waals surface area contributed by atoms with Crippen LogP contribution in [0.1, 0.15) is 0 Å². The zero-order valence-electron chi connectivity index (χ0n) is 24.2. The second-order valence-corrected chi connectivity index (χ2v) is 11.0. The number of para-hydroxylation sites is 4. The molecule has 0 aliphatic carbocycles. The predicted octanol–water partition coefficient (Wildman–Crippen LogP) is 12.1. The van der Waals surface area contributed by atoms with Gasteiger partial charge < -0.3 is 9.80 Å². The fraction of sp³-hybridized carbons (Fsp3) is 0. The normalized spacial score (nSPS) is 11.2. The third-order valence-corrected chi connectivity index (χ3v) is 8.38. The number of anilines is 6. The average Bonchev–Trinajstić information content (AvgIpc) is 3.11. The van der Waals surface area contributed by atoms with E-state index in [2.05, 4.69) is 192 Å². The van der Waals surface area contributed by atoms with Gasteiger partial charge in [-0.25, -0.2) is 0 Å². The van der Waals surface area contributed by atoms with Crippen molar-refractivity contribution < 1.29 is 0 Å². The van der Waals surface area contributed by atoms with Crippen molar-refractivity contribution in [3.8, 4) is 0 Å². The predicted molar refractivity (Wildman–Crippen MR) is 188 cm³/mol. The molecule has 0 fully saturated rings. The number of fused-ring (bicyclic) bond motifs is 5. The Morgan fingerprint density at radius 1 is 0.227 bits per heavy atom. The maximum Gasteiger partial charge on any atom is 0.0546 e. The van der Waals surface area contributed by atoms with Crippen LogP contribution < -0.4 is 9.80 Å². The minimum Gasteiger partial charge on any atom is -0.310 e. The molecule has 44 heavy (non-hydrogen) atoms. The van der Waals surface area contributed by atoms with E-state index in [1.165, 1.54) is 32.3 Å². The molecule has 0 amide bonds. The van der Waals surface area contributed by atoms with Gasteiger partial charge in [-0.2, -0.15) is 0 Å². The van der Waals surface area contributed by atoms with E-state index >= 15 is 0 Å². The number of benzene rings is 8. The van der Waals surface area contributed by atoms with Crippen LogP contribution in [0.25, 0.3) is 32.3 Å². The molecule has 2 nitrogen and oxygen atoms in total. The Labute approximate surface area is 257 Å². The van der Waals surface area contributed by atoms with Gasteiger partial charge in [-0.05, 0) is 82.2 Å². The lowest BCUT2D eigenvalue weighted by Gasteiger charge is -2.29. The first-order valence-corrected chi connectivity index (χ1v) is 15.0. The monoisotopic (exact) mass is 562 g/mol. The molecule has 0 spiro atoms. The second-order valence-electron chi connectivity index (χ2n) is 11.0. The molecule has 0 aliphatic rings. The first-order chi connectivity index (χ1) is 21.9. The van der Waals surface area contributed by atoms with Gasteiger partial charge in [-0.15, -0.1) is 0 Å². The van der Waals surface area contributed by atoms with Crippen molar-refractivity contribution in [3.05, 3.63) is 182 Å². The molecule has 0 aromatic heterocycles. The van der Waals surface area contributed by atoms with E-state index in [0.717, 1.165) is 34.1 Å². The Morgan fingerprint density at radius 2 is 0.477 bits per heavy atom. The van der Waals surface area contributed by atoms with E-state index < -0.39 is 0 Å². The molecule has 0 saturated heterocycles. The van der Waals surface area contributed by atoms with Gasteiger partial charge in [0.2, 0.25) is 0 Å². The van der Waals surface area contributed by atoms with Gasteiger partial charge in [0.15, 0.2) is 0 Å².